The number of hydrogen-bond donors (Lipinski definition) is 1. The van der Waals surface area contributed by atoms with Gasteiger partial charge in [-0.1, -0.05) is 24.6 Å². The molecule has 14 heavy (non-hydrogen) atoms. The zero-order valence-electron chi connectivity index (χ0n) is 7.84. The Balaban J connectivity index is 2.63. The molecule has 0 aliphatic carbocycles. The maximum absolute atomic E-state index is 13.3. The monoisotopic (exact) mass is 234 g/mol. The Hall–Kier alpha value is -0.410. The number of ether oxygens (including phenoxy) is 1. The first-order valence-electron chi connectivity index (χ1n) is 4.32. The molecule has 0 fully saturated rings. The SMILES string of the molecule is CC(CS)COc1cccc(Cl)c1F. The highest BCUT2D eigenvalue weighted by molar-refractivity contribution is 7.80. The number of hydrogen-bond acceptors (Lipinski definition) is 2. The molecule has 0 aliphatic heterocycles. The summed E-state index contributed by atoms with van der Waals surface area (Å²) in [4.78, 5) is 0. The first-order valence-corrected chi connectivity index (χ1v) is 5.34. The third-order valence-electron chi connectivity index (χ3n) is 1.75. The van der Waals surface area contributed by atoms with Gasteiger partial charge in [0.05, 0.1) is 11.6 Å². The molecule has 1 aromatic carbocycles. The lowest BCUT2D eigenvalue weighted by molar-refractivity contribution is 0.262. The molecular formula is C10H12ClFOS. The van der Waals surface area contributed by atoms with Crippen molar-refractivity contribution in [3.8, 4) is 5.75 Å². The van der Waals surface area contributed by atoms with Crippen LogP contribution in [-0.2, 0) is 0 Å². The minimum absolute atomic E-state index is 0.0843. The van der Waals surface area contributed by atoms with E-state index in [9.17, 15) is 4.39 Å². The lowest BCUT2D eigenvalue weighted by atomic mass is 10.2. The Bertz CT molecular complexity index is 306. The summed E-state index contributed by atoms with van der Waals surface area (Å²) in [6.07, 6.45) is 0. The van der Waals surface area contributed by atoms with Gasteiger partial charge in [0.25, 0.3) is 0 Å². The molecular weight excluding hydrogens is 223 g/mol. The van der Waals surface area contributed by atoms with E-state index in [-0.39, 0.29) is 16.7 Å². The topological polar surface area (TPSA) is 9.23 Å². The molecule has 0 heterocycles. The Labute approximate surface area is 93.6 Å². The summed E-state index contributed by atoms with van der Waals surface area (Å²) in [6.45, 7) is 2.43. The Kier molecular flexibility index (Phi) is 4.55. The van der Waals surface area contributed by atoms with Crippen molar-refractivity contribution in [2.24, 2.45) is 5.92 Å². The van der Waals surface area contributed by atoms with E-state index in [1.165, 1.54) is 6.07 Å². The maximum atomic E-state index is 13.3. The van der Waals surface area contributed by atoms with Crippen molar-refractivity contribution in [1.82, 2.24) is 0 Å². The molecule has 1 rings (SSSR count). The normalized spacial score (nSPS) is 12.6. The van der Waals surface area contributed by atoms with E-state index in [2.05, 4.69) is 12.6 Å². The van der Waals surface area contributed by atoms with E-state index in [0.29, 0.717) is 12.4 Å². The molecule has 0 amide bonds. The van der Waals surface area contributed by atoms with E-state index in [0.717, 1.165) is 0 Å². The Morgan fingerprint density at radius 1 is 1.57 bits per heavy atom. The molecule has 0 N–H and O–H groups in total. The predicted octanol–water partition coefficient (Wildman–Crippen LogP) is 3.42. The van der Waals surface area contributed by atoms with E-state index in [4.69, 9.17) is 16.3 Å². The molecule has 78 valence electrons. The van der Waals surface area contributed by atoms with Crippen LogP contribution in [0.25, 0.3) is 0 Å². The van der Waals surface area contributed by atoms with Crippen molar-refractivity contribution in [1.29, 1.82) is 0 Å². The first kappa shape index (κ1) is 11.7. The largest absolute Gasteiger partial charge is 0.490 e. The van der Waals surface area contributed by atoms with Gasteiger partial charge in [-0.25, -0.2) is 4.39 Å². The first-order chi connectivity index (χ1) is 6.65. The van der Waals surface area contributed by atoms with Gasteiger partial charge in [0.2, 0.25) is 0 Å². The van der Waals surface area contributed by atoms with Gasteiger partial charge in [-0.3, -0.25) is 0 Å². The second-order valence-corrected chi connectivity index (χ2v) is 3.92. The third-order valence-corrected chi connectivity index (χ3v) is 2.67. The molecule has 1 aromatic rings. The molecule has 1 atom stereocenters. The van der Waals surface area contributed by atoms with Crippen molar-refractivity contribution >= 4 is 24.2 Å². The minimum atomic E-state index is -0.500. The Morgan fingerprint density at radius 3 is 2.93 bits per heavy atom. The van der Waals surface area contributed by atoms with Gasteiger partial charge in [0.1, 0.15) is 0 Å². The molecule has 0 bridgehead atoms. The van der Waals surface area contributed by atoms with Crippen LogP contribution in [0, 0.1) is 11.7 Å². The highest BCUT2D eigenvalue weighted by Gasteiger charge is 2.08. The molecule has 0 saturated heterocycles. The van der Waals surface area contributed by atoms with Crippen LogP contribution < -0.4 is 4.74 Å². The van der Waals surface area contributed by atoms with Crippen LogP contribution in [-0.4, -0.2) is 12.4 Å². The van der Waals surface area contributed by atoms with Gasteiger partial charge in [-0.15, -0.1) is 0 Å². The van der Waals surface area contributed by atoms with Crippen molar-refractivity contribution in [3.05, 3.63) is 29.0 Å². The zero-order chi connectivity index (χ0) is 10.6. The van der Waals surface area contributed by atoms with E-state index >= 15 is 0 Å². The highest BCUT2D eigenvalue weighted by Crippen LogP contribution is 2.24. The average molecular weight is 235 g/mol. The molecule has 0 saturated carbocycles. The molecule has 0 aromatic heterocycles. The van der Waals surface area contributed by atoms with Gasteiger partial charge in [0.15, 0.2) is 11.6 Å². The van der Waals surface area contributed by atoms with Crippen LogP contribution in [0.2, 0.25) is 5.02 Å². The van der Waals surface area contributed by atoms with Crippen molar-refractivity contribution in [2.75, 3.05) is 12.4 Å². The van der Waals surface area contributed by atoms with E-state index in [1.807, 2.05) is 6.92 Å². The van der Waals surface area contributed by atoms with Crippen molar-refractivity contribution in [2.45, 2.75) is 6.92 Å². The second-order valence-electron chi connectivity index (χ2n) is 3.15. The highest BCUT2D eigenvalue weighted by atomic mass is 35.5. The summed E-state index contributed by atoms with van der Waals surface area (Å²) in [5.41, 5.74) is 0. The van der Waals surface area contributed by atoms with Crippen LogP contribution in [0.3, 0.4) is 0 Å². The number of thiol groups is 1. The van der Waals surface area contributed by atoms with Crippen LogP contribution in [0.5, 0.6) is 5.75 Å². The van der Waals surface area contributed by atoms with Crippen molar-refractivity contribution in [3.63, 3.8) is 0 Å². The summed E-state index contributed by atoms with van der Waals surface area (Å²) < 4.78 is 18.5. The van der Waals surface area contributed by atoms with Crippen molar-refractivity contribution < 1.29 is 9.13 Å². The molecule has 0 radical (unpaired) electrons. The molecule has 0 aliphatic rings. The van der Waals surface area contributed by atoms with Crippen LogP contribution in [0.1, 0.15) is 6.92 Å². The zero-order valence-corrected chi connectivity index (χ0v) is 9.49. The van der Waals surface area contributed by atoms with Gasteiger partial charge in [0, 0.05) is 0 Å². The van der Waals surface area contributed by atoms with Gasteiger partial charge in [-0.2, -0.15) is 12.6 Å². The molecule has 1 unspecified atom stereocenters. The minimum Gasteiger partial charge on any atom is -0.490 e. The lowest BCUT2D eigenvalue weighted by Crippen LogP contribution is -2.10. The summed E-state index contributed by atoms with van der Waals surface area (Å²) in [5, 5.41) is 0.0843. The van der Waals surface area contributed by atoms with Crippen LogP contribution >= 0.6 is 24.2 Å². The number of benzene rings is 1. The fourth-order valence-electron chi connectivity index (χ4n) is 0.880. The van der Waals surface area contributed by atoms with Crippen LogP contribution in [0.15, 0.2) is 18.2 Å². The second kappa shape index (κ2) is 5.47. The van der Waals surface area contributed by atoms with E-state index < -0.39 is 5.82 Å². The summed E-state index contributed by atoms with van der Waals surface area (Å²) in [5.74, 6) is 0.700. The predicted molar refractivity (Wildman–Crippen MR) is 59.9 cm³/mol. The fraction of sp³-hybridized carbons (Fsp3) is 0.400. The molecule has 0 spiro atoms. The number of rotatable bonds is 4. The number of halogens is 2. The van der Waals surface area contributed by atoms with Gasteiger partial charge >= 0.3 is 0 Å². The lowest BCUT2D eigenvalue weighted by Gasteiger charge is -2.11. The summed E-state index contributed by atoms with van der Waals surface area (Å²) in [6, 6.07) is 4.71. The smallest absolute Gasteiger partial charge is 0.183 e. The quantitative estimate of drug-likeness (QED) is 0.786. The van der Waals surface area contributed by atoms with Crippen LogP contribution in [0.4, 0.5) is 4.39 Å². The maximum Gasteiger partial charge on any atom is 0.183 e. The van der Waals surface area contributed by atoms with Gasteiger partial charge < -0.3 is 4.74 Å². The molecule has 4 heteroatoms. The average Bonchev–Trinajstić information content (AvgIpc) is 2.20. The molecule has 1 nitrogen and oxygen atoms in total. The Morgan fingerprint density at radius 2 is 2.29 bits per heavy atom. The summed E-state index contributed by atoms with van der Waals surface area (Å²) in [7, 11) is 0. The fourth-order valence-corrected chi connectivity index (χ4v) is 1.15. The van der Waals surface area contributed by atoms with Gasteiger partial charge in [-0.05, 0) is 23.8 Å². The summed E-state index contributed by atoms with van der Waals surface area (Å²) >= 11 is 9.70. The van der Waals surface area contributed by atoms with E-state index in [1.54, 1.807) is 12.1 Å². The third kappa shape index (κ3) is 3.07. The standard InChI is InChI=1S/C10H12ClFOS/c1-7(6-14)5-13-9-4-2-3-8(11)10(9)12/h2-4,7,14H,5-6H2,1H3.